The van der Waals surface area contributed by atoms with Crippen molar-refractivity contribution in [1.82, 2.24) is 4.90 Å². The minimum atomic E-state index is -5.10. The van der Waals surface area contributed by atoms with E-state index in [1.165, 1.54) is 48.5 Å². The Hall–Kier alpha value is -2.63. The van der Waals surface area contributed by atoms with Crippen molar-refractivity contribution >= 4 is 11.8 Å². The van der Waals surface area contributed by atoms with Crippen molar-refractivity contribution < 1.29 is 22.8 Å². The van der Waals surface area contributed by atoms with Gasteiger partial charge in [-0.3, -0.25) is 9.59 Å². The van der Waals surface area contributed by atoms with Crippen molar-refractivity contribution in [3.63, 3.8) is 0 Å². The van der Waals surface area contributed by atoms with Gasteiger partial charge in [0.25, 0.3) is 11.8 Å². The van der Waals surface area contributed by atoms with E-state index in [1.54, 1.807) is 12.1 Å². The molecule has 0 bridgehead atoms. The molecule has 0 aliphatic heterocycles. The Kier molecular flexibility index (Phi) is 4.07. The molecule has 2 aromatic carbocycles. The molecule has 0 saturated heterocycles. The quantitative estimate of drug-likeness (QED) is 0.628. The maximum atomic E-state index is 13.1. The van der Waals surface area contributed by atoms with Crippen LogP contribution in [0.5, 0.6) is 0 Å². The molecule has 0 N–H and O–H groups in total. The first kappa shape index (κ1) is 14.8. The van der Waals surface area contributed by atoms with E-state index in [2.05, 4.69) is 0 Å². The summed E-state index contributed by atoms with van der Waals surface area (Å²) < 4.78 is 39.2. The fourth-order valence-electron chi connectivity index (χ4n) is 1.74. The number of carbonyl (C=O) groups excluding carboxylic acids is 2. The number of halogens is 3. The number of hydrogen-bond acceptors (Lipinski definition) is 2. The standard InChI is InChI=1S/C15H10F3NO2/c16-15(17,18)19(13(20)11-7-3-1-4-8-11)14(21)12-9-5-2-6-10-12/h1-10H. The summed E-state index contributed by atoms with van der Waals surface area (Å²) in [6.45, 7) is 0. The number of amides is 2. The zero-order chi connectivity index (χ0) is 15.5. The van der Waals surface area contributed by atoms with Gasteiger partial charge < -0.3 is 0 Å². The van der Waals surface area contributed by atoms with E-state index in [0.717, 1.165) is 0 Å². The lowest BCUT2D eigenvalue weighted by Gasteiger charge is -2.23. The molecule has 0 fully saturated rings. The van der Waals surface area contributed by atoms with E-state index < -0.39 is 23.0 Å². The van der Waals surface area contributed by atoms with Crippen LogP contribution in [-0.2, 0) is 0 Å². The highest BCUT2D eigenvalue weighted by molar-refractivity contribution is 6.10. The van der Waals surface area contributed by atoms with Gasteiger partial charge in [0, 0.05) is 11.1 Å². The lowest BCUT2D eigenvalue weighted by Crippen LogP contribution is -2.47. The molecule has 3 nitrogen and oxygen atoms in total. The Bertz CT molecular complexity index is 587. The molecule has 0 aliphatic carbocycles. The largest absolute Gasteiger partial charge is 0.494 e. The highest BCUT2D eigenvalue weighted by Gasteiger charge is 2.46. The summed E-state index contributed by atoms with van der Waals surface area (Å²) in [5, 5.41) is 0. The zero-order valence-electron chi connectivity index (χ0n) is 10.7. The summed E-state index contributed by atoms with van der Waals surface area (Å²) in [6, 6.07) is 13.7. The van der Waals surface area contributed by atoms with Gasteiger partial charge in [-0.15, -0.1) is 13.2 Å². The van der Waals surface area contributed by atoms with Crippen LogP contribution in [0.2, 0.25) is 0 Å². The molecule has 0 aliphatic rings. The fraction of sp³-hybridized carbons (Fsp3) is 0.0667. The van der Waals surface area contributed by atoms with E-state index in [-0.39, 0.29) is 11.1 Å². The fourth-order valence-corrected chi connectivity index (χ4v) is 1.74. The number of imide groups is 1. The molecule has 0 atom stereocenters. The van der Waals surface area contributed by atoms with Crippen molar-refractivity contribution in [3.05, 3.63) is 71.8 Å². The van der Waals surface area contributed by atoms with E-state index in [4.69, 9.17) is 0 Å². The first-order valence-electron chi connectivity index (χ1n) is 5.97. The summed E-state index contributed by atoms with van der Waals surface area (Å²) in [7, 11) is 0. The van der Waals surface area contributed by atoms with Gasteiger partial charge in [0.15, 0.2) is 0 Å². The Morgan fingerprint density at radius 1 is 0.714 bits per heavy atom. The molecule has 0 radical (unpaired) electrons. The third kappa shape index (κ3) is 3.28. The predicted octanol–water partition coefficient (Wildman–Crippen LogP) is 3.49. The number of carbonyl (C=O) groups is 2. The Morgan fingerprint density at radius 3 is 1.33 bits per heavy atom. The first-order valence-corrected chi connectivity index (χ1v) is 5.97. The van der Waals surface area contributed by atoms with Crippen LogP contribution < -0.4 is 0 Å². The van der Waals surface area contributed by atoms with Crippen molar-refractivity contribution in [2.45, 2.75) is 6.30 Å². The number of benzene rings is 2. The summed E-state index contributed by atoms with van der Waals surface area (Å²) in [5.74, 6) is -2.81. The van der Waals surface area contributed by atoms with E-state index in [1.807, 2.05) is 0 Å². The summed E-state index contributed by atoms with van der Waals surface area (Å²) in [4.78, 5) is 23.3. The van der Waals surface area contributed by atoms with Crippen LogP contribution >= 0.6 is 0 Å². The minimum Gasteiger partial charge on any atom is -0.268 e. The molecule has 0 saturated carbocycles. The average molecular weight is 293 g/mol. The maximum absolute atomic E-state index is 13.1. The van der Waals surface area contributed by atoms with Crippen LogP contribution in [0.25, 0.3) is 0 Å². The normalized spacial score (nSPS) is 11.0. The number of nitrogens with zero attached hydrogens (tertiary/aromatic N) is 1. The van der Waals surface area contributed by atoms with Gasteiger partial charge in [-0.1, -0.05) is 36.4 Å². The van der Waals surface area contributed by atoms with Gasteiger partial charge >= 0.3 is 6.30 Å². The monoisotopic (exact) mass is 293 g/mol. The lowest BCUT2D eigenvalue weighted by molar-refractivity contribution is -0.206. The molecule has 0 heterocycles. The molecule has 21 heavy (non-hydrogen) atoms. The molecular formula is C15H10F3NO2. The molecule has 0 unspecified atom stereocenters. The number of alkyl halides is 3. The lowest BCUT2D eigenvalue weighted by atomic mass is 10.1. The summed E-state index contributed by atoms with van der Waals surface area (Å²) >= 11 is 0. The van der Waals surface area contributed by atoms with Crippen LogP contribution in [0.4, 0.5) is 13.2 Å². The molecule has 2 aromatic rings. The molecule has 2 rings (SSSR count). The van der Waals surface area contributed by atoms with Gasteiger partial charge in [0.05, 0.1) is 0 Å². The predicted molar refractivity (Wildman–Crippen MR) is 69.4 cm³/mol. The highest BCUT2D eigenvalue weighted by Crippen LogP contribution is 2.26. The molecule has 6 heteroatoms. The Morgan fingerprint density at radius 2 is 1.05 bits per heavy atom. The molecule has 0 aromatic heterocycles. The second-order valence-electron chi connectivity index (χ2n) is 4.15. The van der Waals surface area contributed by atoms with Gasteiger partial charge in [0.1, 0.15) is 0 Å². The highest BCUT2D eigenvalue weighted by atomic mass is 19.4. The second kappa shape index (κ2) is 5.78. The third-order valence-electron chi connectivity index (χ3n) is 2.70. The SMILES string of the molecule is O=C(c1ccccc1)N(C(=O)c1ccccc1)C(F)(F)F. The van der Waals surface area contributed by atoms with Crippen LogP contribution in [-0.4, -0.2) is 23.0 Å². The third-order valence-corrected chi connectivity index (χ3v) is 2.70. The van der Waals surface area contributed by atoms with E-state index in [9.17, 15) is 22.8 Å². The average Bonchev–Trinajstić information content (AvgIpc) is 2.47. The first-order chi connectivity index (χ1) is 9.91. The van der Waals surface area contributed by atoms with Crippen molar-refractivity contribution in [2.24, 2.45) is 0 Å². The molecule has 108 valence electrons. The Balaban J connectivity index is 2.41. The van der Waals surface area contributed by atoms with Crippen LogP contribution in [0.15, 0.2) is 60.7 Å². The second-order valence-corrected chi connectivity index (χ2v) is 4.15. The topological polar surface area (TPSA) is 37.4 Å². The molecule has 0 spiro atoms. The number of rotatable bonds is 2. The summed E-state index contributed by atoms with van der Waals surface area (Å²) in [5.41, 5.74) is -0.418. The Labute approximate surface area is 118 Å². The smallest absolute Gasteiger partial charge is 0.268 e. The van der Waals surface area contributed by atoms with Crippen molar-refractivity contribution in [1.29, 1.82) is 0 Å². The van der Waals surface area contributed by atoms with Crippen LogP contribution in [0, 0.1) is 0 Å². The van der Waals surface area contributed by atoms with Gasteiger partial charge in [-0.25, -0.2) is 0 Å². The molecular weight excluding hydrogens is 283 g/mol. The maximum Gasteiger partial charge on any atom is 0.494 e. The van der Waals surface area contributed by atoms with Crippen LogP contribution in [0.1, 0.15) is 20.7 Å². The van der Waals surface area contributed by atoms with Gasteiger partial charge in [-0.05, 0) is 24.3 Å². The van der Waals surface area contributed by atoms with E-state index in [0.29, 0.717) is 0 Å². The minimum absolute atomic E-state index is 0.209. The van der Waals surface area contributed by atoms with Crippen LogP contribution in [0.3, 0.4) is 0 Å². The van der Waals surface area contributed by atoms with Crippen molar-refractivity contribution in [3.8, 4) is 0 Å². The van der Waals surface area contributed by atoms with Crippen molar-refractivity contribution in [2.75, 3.05) is 0 Å². The van der Waals surface area contributed by atoms with E-state index >= 15 is 0 Å². The van der Waals surface area contributed by atoms with Gasteiger partial charge in [0.2, 0.25) is 0 Å². The molecule has 2 amide bonds. The number of hydrogen-bond donors (Lipinski definition) is 0. The zero-order valence-corrected chi connectivity index (χ0v) is 10.7. The van der Waals surface area contributed by atoms with Gasteiger partial charge in [-0.2, -0.15) is 4.90 Å². The summed E-state index contributed by atoms with van der Waals surface area (Å²) in [6.07, 6.45) is -5.10.